The number of aromatic nitrogens is 2. The molecule has 0 aliphatic rings. The summed E-state index contributed by atoms with van der Waals surface area (Å²) in [6, 6.07) is 6.92. The lowest BCUT2D eigenvalue weighted by atomic mass is 10.2. The fourth-order valence-corrected chi connectivity index (χ4v) is 1.21. The highest BCUT2D eigenvalue weighted by molar-refractivity contribution is 5.88. The summed E-state index contributed by atoms with van der Waals surface area (Å²) in [5.74, 6) is -1.03. The van der Waals surface area contributed by atoms with Gasteiger partial charge in [-0.2, -0.15) is 0 Å². The number of hydrogen-bond acceptors (Lipinski definition) is 3. The Bertz CT molecular complexity index is 508. The summed E-state index contributed by atoms with van der Waals surface area (Å²) in [6.07, 6.45) is 0. The van der Waals surface area contributed by atoms with Crippen LogP contribution < -0.4 is 0 Å². The fourth-order valence-electron chi connectivity index (χ4n) is 1.21. The first-order valence-electron chi connectivity index (χ1n) is 4.14. The zero-order valence-electron chi connectivity index (χ0n) is 7.56. The molecule has 2 rings (SSSR count). The van der Waals surface area contributed by atoms with Gasteiger partial charge in [-0.3, -0.25) is 0 Å². The van der Waals surface area contributed by atoms with E-state index in [1.807, 2.05) is 19.1 Å². The van der Waals surface area contributed by atoms with E-state index in [4.69, 9.17) is 5.11 Å². The van der Waals surface area contributed by atoms with Gasteiger partial charge in [0, 0.05) is 11.1 Å². The van der Waals surface area contributed by atoms with Crippen molar-refractivity contribution < 1.29 is 9.90 Å². The minimum absolute atomic E-state index is 0.0237. The molecule has 0 aliphatic heterocycles. The first kappa shape index (κ1) is 8.62. The number of nitrogens with zero attached hydrogens (tertiary/aromatic N) is 2. The Kier molecular flexibility index (Phi) is 1.89. The van der Waals surface area contributed by atoms with Crippen LogP contribution in [0.5, 0.6) is 0 Å². The molecular formula is C10H8N2O2. The third kappa shape index (κ3) is 1.42. The number of carboxylic acids is 1. The van der Waals surface area contributed by atoms with E-state index >= 15 is 0 Å². The monoisotopic (exact) mass is 188 g/mol. The number of hydrogen-bond donors (Lipinski definition) is 1. The van der Waals surface area contributed by atoms with Crippen LogP contribution in [0.3, 0.4) is 0 Å². The molecule has 2 heterocycles. The van der Waals surface area contributed by atoms with Gasteiger partial charge in [0.25, 0.3) is 0 Å². The molecule has 0 radical (unpaired) electrons. The standard InChI is InChI=1S/C10H8N2O2/c1-6-2-3-7-4-5-8(10(13)14)12-9(7)11-6/h2-5H,1H3,(H,13,14). The third-order valence-corrected chi connectivity index (χ3v) is 1.91. The number of carbonyl (C=O) groups is 1. The summed E-state index contributed by atoms with van der Waals surface area (Å²) >= 11 is 0. The van der Waals surface area contributed by atoms with Crippen molar-refractivity contribution >= 4 is 17.0 Å². The van der Waals surface area contributed by atoms with Crippen LogP contribution in [0, 0.1) is 6.92 Å². The fraction of sp³-hybridized carbons (Fsp3) is 0.100. The van der Waals surface area contributed by atoms with Crippen LogP contribution in [0.1, 0.15) is 16.2 Å². The summed E-state index contributed by atoms with van der Waals surface area (Å²) < 4.78 is 0. The SMILES string of the molecule is Cc1ccc2ccc(C(=O)O)nc2n1. The second-order valence-corrected chi connectivity index (χ2v) is 3.00. The van der Waals surface area contributed by atoms with Gasteiger partial charge in [0.15, 0.2) is 11.3 Å². The summed E-state index contributed by atoms with van der Waals surface area (Å²) in [6.45, 7) is 1.84. The van der Waals surface area contributed by atoms with Gasteiger partial charge in [-0.25, -0.2) is 14.8 Å². The number of fused-ring (bicyclic) bond motifs is 1. The molecule has 0 spiro atoms. The van der Waals surface area contributed by atoms with Crippen LogP contribution in [-0.2, 0) is 0 Å². The van der Waals surface area contributed by atoms with E-state index in [0.717, 1.165) is 11.1 Å². The molecule has 1 N–H and O–H groups in total. The molecule has 4 nitrogen and oxygen atoms in total. The van der Waals surface area contributed by atoms with Crippen molar-refractivity contribution in [3.05, 3.63) is 35.7 Å². The van der Waals surface area contributed by atoms with E-state index in [9.17, 15) is 4.79 Å². The highest BCUT2D eigenvalue weighted by Crippen LogP contribution is 2.10. The first-order valence-corrected chi connectivity index (χ1v) is 4.14. The lowest BCUT2D eigenvalue weighted by Gasteiger charge is -1.98. The Morgan fingerprint density at radius 2 is 1.93 bits per heavy atom. The maximum absolute atomic E-state index is 10.6. The topological polar surface area (TPSA) is 63.1 Å². The highest BCUT2D eigenvalue weighted by Gasteiger charge is 2.05. The van der Waals surface area contributed by atoms with Crippen molar-refractivity contribution in [1.29, 1.82) is 0 Å². The average Bonchev–Trinajstić information content (AvgIpc) is 2.16. The number of aryl methyl sites for hydroxylation is 1. The van der Waals surface area contributed by atoms with E-state index in [1.165, 1.54) is 6.07 Å². The third-order valence-electron chi connectivity index (χ3n) is 1.91. The summed E-state index contributed by atoms with van der Waals surface area (Å²) in [5, 5.41) is 9.57. The van der Waals surface area contributed by atoms with E-state index in [2.05, 4.69) is 9.97 Å². The van der Waals surface area contributed by atoms with Gasteiger partial charge in [0.05, 0.1) is 0 Å². The number of rotatable bonds is 1. The molecule has 2 aromatic heterocycles. The molecule has 0 fully saturated rings. The number of pyridine rings is 2. The highest BCUT2D eigenvalue weighted by atomic mass is 16.4. The zero-order chi connectivity index (χ0) is 10.1. The summed E-state index contributed by atoms with van der Waals surface area (Å²) in [4.78, 5) is 18.7. The maximum Gasteiger partial charge on any atom is 0.354 e. The molecule has 70 valence electrons. The quantitative estimate of drug-likeness (QED) is 0.738. The van der Waals surface area contributed by atoms with Gasteiger partial charge in [0.1, 0.15) is 0 Å². The minimum atomic E-state index is -1.03. The van der Waals surface area contributed by atoms with Crippen LogP contribution in [0.15, 0.2) is 24.3 Å². The number of carboxylic acid groups (broad SMARTS) is 1. The maximum atomic E-state index is 10.6. The van der Waals surface area contributed by atoms with Crippen molar-refractivity contribution in [2.75, 3.05) is 0 Å². The molecular weight excluding hydrogens is 180 g/mol. The molecule has 0 unspecified atom stereocenters. The largest absolute Gasteiger partial charge is 0.477 e. The predicted octanol–water partition coefficient (Wildman–Crippen LogP) is 1.64. The van der Waals surface area contributed by atoms with Crippen LogP contribution in [-0.4, -0.2) is 21.0 Å². The van der Waals surface area contributed by atoms with Gasteiger partial charge in [-0.1, -0.05) is 0 Å². The van der Waals surface area contributed by atoms with E-state index in [0.29, 0.717) is 5.65 Å². The van der Waals surface area contributed by atoms with Crippen molar-refractivity contribution in [1.82, 2.24) is 9.97 Å². The smallest absolute Gasteiger partial charge is 0.354 e. The van der Waals surface area contributed by atoms with Gasteiger partial charge in [-0.05, 0) is 31.2 Å². The Hall–Kier alpha value is -1.97. The van der Waals surface area contributed by atoms with Gasteiger partial charge < -0.3 is 5.11 Å². The van der Waals surface area contributed by atoms with Crippen molar-refractivity contribution in [3.63, 3.8) is 0 Å². The van der Waals surface area contributed by atoms with Gasteiger partial charge >= 0.3 is 5.97 Å². The normalized spacial score (nSPS) is 10.4. The van der Waals surface area contributed by atoms with Gasteiger partial charge in [0.2, 0.25) is 0 Å². The lowest BCUT2D eigenvalue weighted by Crippen LogP contribution is -2.00. The zero-order valence-corrected chi connectivity index (χ0v) is 7.56. The van der Waals surface area contributed by atoms with E-state index in [-0.39, 0.29) is 5.69 Å². The molecule has 0 saturated carbocycles. The molecule has 0 amide bonds. The Morgan fingerprint density at radius 1 is 1.21 bits per heavy atom. The Morgan fingerprint density at radius 3 is 2.64 bits per heavy atom. The lowest BCUT2D eigenvalue weighted by molar-refractivity contribution is 0.0691. The van der Waals surface area contributed by atoms with Crippen LogP contribution >= 0.6 is 0 Å². The average molecular weight is 188 g/mol. The molecule has 0 saturated heterocycles. The number of aromatic carboxylic acids is 1. The van der Waals surface area contributed by atoms with Gasteiger partial charge in [-0.15, -0.1) is 0 Å². The molecule has 14 heavy (non-hydrogen) atoms. The first-order chi connectivity index (χ1) is 6.66. The van der Waals surface area contributed by atoms with Crippen molar-refractivity contribution in [2.45, 2.75) is 6.92 Å². The Balaban J connectivity index is 2.69. The second kappa shape index (κ2) is 3.06. The van der Waals surface area contributed by atoms with E-state index < -0.39 is 5.97 Å². The molecule has 4 heteroatoms. The van der Waals surface area contributed by atoms with Crippen LogP contribution in [0.25, 0.3) is 11.0 Å². The van der Waals surface area contributed by atoms with E-state index in [1.54, 1.807) is 6.07 Å². The van der Waals surface area contributed by atoms with Crippen molar-refractivity contribution in [2.24, 2.45) is 0 Å². The molecule has 0 bridgehead atoms. The summed E-state index contributed by atoms with van der Waals surface area (Å²) in [5.41, 5.74) is 1.33. The second-order valence-electron chi connectivity index (χ2n) is 3.00. The molecule has 0 atom stereocenters. The van der Waals surface area contributed by atoms with Crippen molar-refractivity contribution in [3.8, 4) is 0 Å². The van der Waals surface area contributed by atoms with Crippen LogP contribution in [0.4, 0.5) is 0 Å². The summed E-state index contributed by atoms with van der Waals surface area (Å²) in [7, 11) is 0. The Labute approximate surface area is 80.2 Å². The molecule has 0 aromatic carbocycles. The minimum Gasteiger partial charge on any atom is -0.477 e. The van der Waals surface area contributed by atoms with Crippen LogP contribution in [0.2, 0.25) is 0 Å². The molecule has 0 aliphatic carbocycles. The predicted molar refractivity (Wildman–Crippen MR) is 51.2 cm³/mol. The molecule has 2 aromatic rings.